The zero-order chi connectivity index (χ0) is 23.4. The van der Waals surface area contributed by atoms with Crippen LogP contribution in [0.15, 0.2) is 36.4 Å². The second kappa shape index (κ2) is 9.91. The van der Waals surface area contributed by atoms with Gasteiger partial charge in [0, 0.05) is 30.1 Å². The predicted octanol–water partition coefficient (Wildman–Crippen LogP) is 3.49. The number of ether oxygens (including phenoxy) is 2. The third-order valence-corrected chi connectivity index (χ3v) is 5.31. The first-order chi connectivity index (χ1) is 15.2. The van der Waals surface area contributed by atoms with Gasteiger partial charge in [-0.2, -0.15) is 0 Å². The molecular weight excluding hydrogens is 434 g/mol. The van der Waals surface area contributed by atoms with Gasteiger partial charge >= 0.3 is 0 Å². The molecule has 9 heteroatoms. The molecule has 2 N–H and O–H groups in total. The molecule has 2 aromatic carbocycles. The average Bonchev–Trinajstić information content (AvgIpc) is 3.14. The Kier molecular flexibility index (Phi) is 7.25. The standard InChI is InChI=1S/C23H26ClN3O5/c1-13(2)25-23(30)17-7-5-15(24)10-18(17)26-22(29)14-9-21(28)27(12-14)19-11-16(31-3)6-8-20(19)32-4/h5-8,10-11,13-14H,9,12H2,1-4H3,(H,25,30)(H,26,29). The highest BCUT2D eigenvalue weighted by molar-refractivity contribution is 6.31. The van der Waals surface area contributed by atoms with E-state index < -0.39 is 5.92 Å². The molecule has 1 saturated heterocycles. The topological polar surface area (TPSA) is 97.0 Å². The SMILES string of the molecule is COc1ccc(OC)c(N2CC(C(=O)Nc3cc(Cl)ccc3C(=O)NC(C)C)CC2=O)c1. The number of carbonyl (C=O) groups is 3. The molecule has 3 amide bonds. The van der Waals surface area contributed by atoms with Crippen LogP contribution in [0.2, 0.25) is 5.02 Å². The Bertz CT molecular complexity index is 1040. The summed E-state index contributed by atoms with van der Waals surface area (Å²) < 4.78 is 10.6. The fourth-order valence-electron chi connectivity index (χ4n) is 3.52. The molecule has 0 saturated carbocycles. The van der Waals surface area contributed by atoms with E-state index in [4.69, 9.17) is 21.1 Å². The van der Waals surface area contributed by atoms with Gasteiger partial charge in [-0.3, -0.25) is 14.4 Å². The Hall–Kier alpha value is -3.26. The molecule has 0 spiro atoms. The molecular formula is C23H26ClN3O5. The summed E-state index contributed by atoms with van der Waals surface area (Å²) in [5.41, 5.74) is 1.13. The van der Waals surface area contributed by atoms with Crippen molar-refractivity contribution in [1.29, 1.82) is 0 Å². The van der Waals surface area contributed by atoms with Gasteiger partial charge in [-0.15, -0.1) is 0 Å². The molecule has 1 fully saturated rings. The summed E-state index contributed by atoms with van der Waals surface area (Å²) in [6.07, 6.45) is 0.0281. The van der Waals surface area contributed by atoms with Crippen LogP contribution >= 0.6 is 11.6 Å². The Morgan fingerprint density at radius 2 is 1.88 bits per heavy atom. The zero-order valence-electron chi connectivity index (χ0n) is 18.4. The van der Waals surface area contributed by atoms with Crippen LogP contribution in [0.3, 0.4) is 0 Å². The molecule has 0 aliphatic carbocycles. The number of nitrogens with zero attached hydrogens (tertiary/aromatic N) is 1. The summed E-state index contributed by atoms with van der Waals surface area (Å²) >= 11 is 6.09. The maximum Gasteiger partial charge on any atom is 0.253 e. The van der Waals surface area contributed by atoms with Crippen LogP contribution in [0.25, 0.3) is 0 Å². The molecule has 1 unspecified atom stereocenters. The Balaban J connectivity index is 1.81. The minimum absolute atomic E-state index is 0.0281. The lowest BCUT2D eigenvalue weighted by atomic mass is 10.1. The fourth-order valence-corrected chi connectivity index (χ4v) is 3.69. The second-order valence-electron chi connectivity index (χ2n) is 7.75. The van der Waals surface area contributed by atoms with E-state index >= 15 is 0 Å². The van der Waals surface area contributed by atoms with E-state index in [0.29, 0.717) is 33.5 Å². The number of nitrogens with one attached hydrogen (secondary N) is 2. The van der Waals surface area contributed by atoms with Crippen molar-refractivity contribution in [2.75, 3.05) is 31.0 Å². The van der Waals surface area contributed by atoms with E-state index in [0.717, 1.165) is 0 Å². The number of carbonyl (C=O) groups excluding carboxylic acids is 3. The van der Waals surface area contributed by atoms with Crippen molar-refractivity contribution in [3.05, 3.63) is 47.0 Å². The summed E-state index contributed by atoms with van der Waals surface area (Å²) in [7, 11) is 3.05. The zero-order valence-corrected chi connectivity index (χ0v) is 19.2. The molecule has 8 nitrogen and oxygen atoms in total. The van der Waals surface area contributed by atoms with Crippen LogP contribution in [0.1, 0.15) is 30.6 Å². The molecule has 1 aliphatic rings. The van der Waals surface area contributed by atoms with Gasteiger partial charge in [0.1, 0.15) is 11.5 Å². The first kappa shape index (κ1) is 23.4. The van der Waals surface area contributed by atoms with Crippen molar-refractivity contribution in [2.24, 2.45) is 5.92 Å². The van der Waals surface area contributed by atoms with Gasteiger partial charge in [-0.25, -0.2) is 0 Å². The first-order valence-electron chi connectivity index (χ1n) is 10.2. The molecule has 0 aromatic heterocycles. The van der Waals surface area contributed by atoms with Crippen molar-refractivity contribution in [1.82, 2.24) is 5.32 Å². The van der Waals surface area contributed by atoms with Crippen molar-refractivity contribution in [3.8, 4) is 11.5 Å². The second-order valence-corrected chi connectivity index (χ2v) is 8.19. The Morgan fingerprint density at radius 1 is 1.12 bits per heavy atom. The molecule has 3 rings (SSSR count). The minimum atomic E-state index is -0.613. The fraction of sp³-hybridized carbons (Fsp3) is 0.348. The summed E-state index contributed by atoms with van der Waals surface area (Å²) in [6, 6.07) is 9.73. The number of rotatable bonds is 7. The number of benzene rings is 2. The average molecular weight is 460 g/mol. The van der Waals surface area contributed by atoms with E-state index in [1.807, 2.05) is 13.8 Å². The molecule has 170 valence electrons. The van der Waals surface area contributed by atoms with Gasteiger partial charge < -0.3 is 25.0 Å². The molecule has 1 heterocycles. The van der Waals surface area contributed by atoms with Crippen molar-refractivity contribution >= 4 is 40.7 Å². The normalized spacial score (nSPS) is 15.6. The van der Waals surface area contributed by atoms with E-state index in [1.54, 1.807) is 30.3 Å². The van der Waals surface area contributed by atoms with Gasteiger partial charge in [0.25, 0.3) is 5.91 Å². The minimum Gasteiger partial charge on any atom is -0.497 e. The Labute approximate surface area is 191 Å². The molecule has 2 aromatic rings. The lowest BCUT2D eigenvalue weighted by Gasteiger charge is -2.20. The molecule has 1 atom stereocenters. The number of halogens is 1. The third-order valence-electron chi connectivity index (χ3n) is 5.08. The van der Waals surface area contributed by atoms with Crippen LogP contribution in [0.5, 0.6) is 11.5 Å². The molecule has 1 aliphatic heterocycles. The van der Waals surface area contributed by atoms with Gasteiger partial charge in [-0.05, 0) is 44.2 Å². The molecule has 0 bridgehead atoms. The number of methoxy groups -OCH3 is 2. The summed E-state index contributed by atoms with van der Waals surface area (Å²) in [6.45, 7) is 3.86. The van der Waals surface area contributed by atoms with E-state index in [1.165, 1.54) is 25.2 Å². The lowest BCUT2D eigenvalue weighted by molar-refractivity contribution is -0.122. The highest BCUT2D eigenvalue weighted by Crippen LogP contribution is 2.36. The highest BCUT2D eigenvalue weighted by Gasteiger charge is 2.37. The van der Waals surface area contributed by atoms with Gasteiger partial charge in [0.05, 0.1) is 37.1 Å². The lowest BCUT2D eigenvalue weighted by Crippen LogP contribution is -2.32. The number of anilines is 2. The molecule has 0 radical (unpaired) electrons. The van der Waals surface area contributed by atoms with E-state index in [2.05, 4.69) is 10.6 Å². The number of hydrogen-bond donors (Lipinski definition) is 2. The van der Waals surface area contributed by atoms with Gasteiger partial charge in [0.2, 0.25) is 11.8 Å². The maximum atomic E-state index is 13.0. The Morgan fingerprint density at radius 3 is 2.53 bits per heavy atom. The highest BCUT2D eigenvalue weighted by atomic mass is 35.5. The first-order valence-corrected chi connectivity index (χ1v) is 10.5. The van der Waals surface area contributed by atoms with Crippen LogP contribution < -0.4 is 25.0 Å². The third kappa shape index (κ3) is 5.13. The van der Waals surface area contributed by atoms with Crippen molar-refractivity contribution in [3.63, 3.8) is 0 Å². The predicted molar refractivity (Wildman–Crippen MR) is 123 cm³/mol. The van der Waals surface area contributed by atoms with Gasteiger partial charge in [0.15, 0.2) is 0 Å². The summed E-state index contributed by atoms with van der Waals surface area (Å²) in [4.78, 5) is 39.8. The number of amides is 3. The van der Waals surface area contributed by atoms with Crippen LogP contribution in [0, 0.1) is 5.92 Å². The smallest absolute Gasteiger partial charge is 0.253 e. The monoisotopic (exact) mass is 459 g/mol. The molecule has 32 heavy (non-hydrogen) atoms. The summed E-state index contributed by atoms with van der Waals surface area (Å²) in [5.74, 6) is -0.441. The quantitative estimate of drug-likeness (QED) is 0.660. The van der Waals surface area contributed by atoms with Crippen molar-refractivity contribution < 1.29 is 23.9 Å². The summed E-state index contributed by atoms with van der Waals surface area (Å²) in [5, 5.41) is 5.95. The largest absolute Gasteiger partial charge is 0.497 e. The van der Waals surface area contributed by atoms with Crippen LogP contribution in [-0.2, 0) is 9.59 Å². The van der Waals surface area contributed by atoms with Crippen LogP contribution in [0.4, 0.5) is 11.4 Å². The van der Waals surface area contributed by atoms with E-state index in [9.17, 15) is 14.4 Å². The maximum absolute atomic E-state index is 13.0. The van der Waals surface area contributed by atoms with E-state index in [-0.39, 0.29) is 36.7 Å². The van der Waals surface area contributed by atoms with Crippen molar-refractivity contribution in [2.45, 2.75) is 26.3 Å². The van der Waals surface area contributed by atoms with Gasteiger partial charge in [-0.1, -0.05) is 11.6 Å². The van der Waals surface area contributed by atoms with Crippen LogP contribution in [-0.4, -0.2) is 44.5 Å². The number of hydrogen-bond acceptors (Lipinski definition) is 5.